The molecule has 2 aromatic carbocycles. The van der Waals surface area contributed by atoms with Gasteiger partial charge < -0.3 is 0 Å². The number of benzene rings is 2. The summed E-state index contributed by atoms with van der Waals surface area (Å²) >= 11 is 0. The topological polar surface area (TPSA) is 113 Å². The lowest BCUT2D eigenvalue weighted by Gasteiger charge is -2.17. The summed E-state index contributed by atoms with van der Waals surface area (Å²) in [5.41, 5.74) is 7.42. The molecule has 30 heavy (non-hydrogen) atoms. The Morgan fingerprint density at radius 3 is 2.07 bits per heavy atom. The first kappa shape index (κ1) is 20.5. The average molecular weight is 426 g/mol. The van der Waals surface area contributed by atoms with Gasteiger partial charge in [0.15, 0.2) is 5.69 Å². The zero-order chi connectivity index (χ0) is 21.1. The van der Waals surface area contributed by atoms with Crippen molar-refractivity contribution in [1.29, 1.82) is 0 Å². The lowest BCUT2D eigenvalue weighted by atomic mass is 9.98. The van der Waals surface area contributed by atoms with Gasteiger partial charge in [0.2, 0.25) is 0 Å². The van der Waals surface area contributed by atoms with Gasteiger partial charge in [-0.2, -0.15) is 4.57 Å². The van der Waals surface area contributed by atoms with Crippen LogP contribution in [0.15, 0.2) is 72.9 Å². The first-order valence-corrected chi connectivity index (χ1v) is 10.8. The number of para-hydroxylation sites is 1. The summed E-state index contributed by atoms with van der Waals surface area (Å²) in [6.45, 7) is 0. The number of halogens is 1. The van der Waals surface area contributed by atoms with E-state index >= 15 is 0 Å². The van der Waals surface area contributed by atoms with E-state index in [2.05, 4.69) is 82.0 Å². The molecular formula is C22H20ClN3O4. The zero-order valence-corrected chi connectivity index (χ0v) is 16.9. The Labute approximate surface area is 175 Å². The van der Waals surface area contributed by atoms with E-state index < -0.39 is 10.2 Å². The number of aromatic nitrogens is 3. The Balaban J connectivity index is 0.000000393. The molecule has 0 radical (unpaired) electrons. The van der Waals surface area contributed by atoms with Crippen LogP contribution in [0.25, 0.3) is 22.6 Å². The molecule has 1 aliphatic carbocycles. The van der Waals surface area contributed by atoms with Crippen LogP contribution in [0.1, 0.15) is 24.1 Å². The Kier molecular flexibility index (Phi) is 5.80. The van der Waals surface area contributed by atoms with E-state index in [9.17, 15) is 0 Å². The summed E-state index contributed by atoms with van der Waals surface area (Å²) in [5, 5.41) is 5.01. The van der Waals surface area contributed by atoms with Crippen molar-refractivity contribution in [2.45, 2.75) is 25.7 Å². The standard InChI is InChI=1S/C22H20N3.ClHO4/c1-3-9-17(10-4-1)21-15-16-24(18-11-5-2-6-12-18)22-19-13-7-8-14-20(19)23-25(21)22;2-1(3,4)5/h1-6,9-12,15-16H,7-8,13-14H2;(H,2,3,4,5)/q+1;/p-1. The minimum absolute atomic E-state index is 1.08. The smallest absolute Gasteiger partial charge is 0.222 e. The molecule has 0 atom stereocenters. The Morgan fingerprint density at radius 1 is 0.800 bits per heavy atom. The van der Waals surface area contributed by atoms with Crippen LogP contribution in [0.2, 0.25) is 0 Å². The number of hydrogen-bond acceptors (Lipinski definition) is 5. The molecule has 0 fully saturated rings. The number of aryl methyl sites for hydroxylation is 2. The van der Waals surface area contributed by atoms with E-state index in [0.717, 1.165) is 18.5 Å². The highest BCUT2D eigenvalue weighted by molar-refractivity contribution is 5.63. The predicted molar refractivity (Wildman–Crippen MR) is 98.8 cm³/mol. The summed E-state index contributed by atoms with van der Waals surface area (Å²) in [6.07, 6.45) is 6.87. The number of fused-ring (bicyclic) bond motifs is 3. The molecule has 2 heterocycles. The van der Waals surface area contributed by atoms with Gasteiger partial charge in [-0.1, -0.05) is 58.1 Å². The van der Waals surface area contributed by atoms with Crippen molar-refractivity contribution in [3.05, 3.63) is 84.2 Å². The Morgan fingerprint density at radius 2 is 1.40 bits per heavy atom. The molecule has 0 aliphatic heterocycles. The highest BCUT2D eigenvalue weighted by Gasteiger charge is 2.28. The fourth-order valence-electron chi connectivity index (χ4n) is 3.86. The van der Waals surface area contributed by atoms with E-state index in [1.807, 2.05) is 0 Å². The van der Waals surface area contributed by atoms with E-state index in [0.29, 0.717) is 0 Å². The van der Waals surface area contributed by atoms with Crippen LogP contribution in [-0.4, -0.2) is 9.61 Å². The molecule has 0 saturated heterocycles. The van der Waals surface area contributed by atoms with Gasteiger partial charge in [-0.15, -0.1) is 10.2 Å². The van der Waals surface area contributed by atoms with Crippen LogP contribution in [0, 0.1) is 10.2 Å². The van der Waals surface area contributed by atoms with Gasteiger partial charge in [0.25, 0.3) is 0 Å². The third-order valence-electron chi connectivity index (χ3n) is 5.07. The second-order valence-electron chi connectivity index (χ2n) is 7.02. The summed E-state index contributed by atoms with van der Waals surface area (Å²) < 4.78 is 38.4. The molecule has 0 bridgehead atoms. The van der Waals surface area contributed by atoms with Crippen LogP contribution in [0.3, 0.4) is 0 Å². The number of nitrogens with zero attached hydrogens (tertiary/aromatic N) is 3. The van der Waals surface area contributed by atoms with Crippen molar-refractivity contribution in [2.24, 2.45) is 0 Å². The fourth-order valence-corrected chi connectivity index (χ4v) is 3.86. The molecule has 0 amide bonds. The summed E-state index contributed by atoms with van der Waals surface area (Å²) in [7, 11) is -4.94. The maximum Gasteiger partial charge on any atom is 0.317 e. The van der Waals surface area contributed by atoms with Crippen molar-refractivity contribution in [3.63, 3.8) is 0 Å². The fraction of sp³-hybridized carbons (Fsp3) is 0.182. The minimum Gasteiger partial charge on any atom is -0.222 e. The molecule has 4 aromatic rings. The highest BCUT2D eigenvalue weighted by atomic mass is 35.7. The molecule has 8 heteroatoms. The van der Waals surface area contributed by atoms with Gasteiger partial charge in [0.05, 0.1) is 11.3 Å². The van der Waals surface area contributed by atoms with Crippen LogP contribution in [0.5, 0.6) is 0 Å². The zero-order valence-electron chi connectivity index (χ0n) is 16.1. The number of hydrogen-bond donors (Lipinski definition) is 0. The van der Waals surface area contributed by atoms with Gasteiger partial charge in [0, 0.05) is 11.6 Å². The van der Waals surface area contributed by atoms with Crippen LogP contribution in [0.4, 0.5) is 0 Å². The summed E-state index contributed by atoms with van der Waals surface area (Å²) in [4.78, 5) is 0. The SMILES string of the molecule is [O-][Cl+3]([O-])([O-])[O-].c1ccc(-c2cc[n+](-c3ccccc3)c3c4c(nn23)CCCC4)cc1. The molecule has 154 valence electrons. The first-order chi connectivity index (χ1) is 14.4. The maximum absolute atomic E-state index is 8.49. The average Bonchev–Trinajstić information content (AvgIpc) is 3.13. The molecule has 1 aliphatic rings. The van der Waals surface area contributed by atoms with Crippen molar-refractivity contribution < 1.29 is 33.4 Å². The van der Waals surface area contributed by atoms with E-state index in [4.69, 9.17) is 23.7 Å². The van der Waals surface area contributed by atoms with Crippen molar-refractivity contribution in [3.8, 4) is 16.9 Å². The minimum atomic E-state index is -4.94. The normalized spacial score (nSPS) is 13.5. The van der Waals surface area contributed by atoms with Gasteiger partial charge in [-0.25, -0.2) is 18.6 Å². The van der Waals surface area contributed by atoms with E-state index in [-0.39, 0.29) is 0 Å². The monoisotopic (exact) mass is 425 g/mol. The number of rotatable bonds is 2. The molecular weight excluding hydrogens is 406 g/mol. The van der Waals surface area contributed by atoms with Crippen LogP contribution < -0.4 is 23.2 Å². The van der Waals surface area contributed by atoms with Crippen LogP contribution >= 0.6 is 0 Å². The Bertz CT molecular complexity index is 1140. The molecule has 5 rings (SSSR count). The molecule has 0 unspecified atom stereocenters. The molecule has 2 aromatic heterocycles. The lowest BCUT2D eigenvalue weighted by molar-refractivity contribution is -2.00. The first-order valence-electron chi connectivity index (χ1n) is 9.59. The van der Waals surface area contributed by atoms with Gasteiger partial charge in [-0.05, 0) is 37.8 Å². The predicted octanol–water partition coefficient (Wildman–Crippen LogP) is -0.599. The molecule has 0 saturated carbocycles. The van der Waals surface area contributed by atoms with E-state index in [1.54, 1.807) is 0 Å². The second-order valence-corrected chi connectivity index (χ2v) is 7.77. The quantitative estimate of drug-likeness (QED) is 0.398. The molecule has 7 nitrogen and oxygen atoms in total. The largest absolute Gasteiger partial charge is 0.317 e. The molecule has 0 spiro atoms. The summed E-state index contributed by atoms with van der Waals surface area (Å²) in [6, 6.07) is 23.3. The van der Waals surface area contributed by atoms with Gasteiger partial charge in [-0.3, -0.25) is 0 Å². The third kappa shape index (κ3) is 4.51. The van der Waals surface area contributed by atoms with Gasteiger partial charge >= 0.3 is 5.65 Å². The van der Waals surface area contributed by atoms with Crippen molar-refractivity contribution >= 4 is 5.65 Å². The molecule has 0 N–H and O–H groups in total. The third-order valence-corrected chi connectivity index (χ3v) is 5.07. The maximum atomic E-state index is 8.49. The highest BCUT2D eigenvalue weighted by Crippen LogP contribution is 2.27. The Hall–Kier alpha value is -2.81. The van der Waals surface area contributed by atoms with E-state index in [1.165, 1.54) is 41.0 Å². The summed E-state index contributed by atoms with van der Waals surface area (Å²) in [5.74, 6) is 0. The van der Waals surface area contributed by atoms with Crippen LogP contribution in [-0.2, 0) is 12.8 Å². The second kappa shape index (κ2) is 8.51. The van der Waals surface area contributed by atoms with Crippen molar-refractivity contribution in [2.75, 3.05) is 0 Å². The van der Waals surface area contributed by atoms with Crippen molar-refractivity contribution in [1.82, 2.24) is 9.61 Å². The van der Waals surface area contributed by atoms with Gasteiger partial charge in [0.1, 0.15) is 11.9 Å². The lowest BCUT2D eigenvalue weighted by Crippen LogP contribution is -2.68.